The maximum atomic E-state index is 14.1. The number of carboxylic acid groups (broad SMARTS) is 1. The Balaban J connectivity index is 1.90. The van der Waals surface area contributed by atoms with Crippen LogP contribution in [0.15, 0.2) is 88.7 Å². The molecule has 0 unspecified atom stereocenters. The molecule has 1 aliphatic rings. The highest BCUT2D eigenvalue weighted by molar-refractivity contribution is 8.00. The van der Waals surface area contributed by atoms with Gasteiger partial charge in [-0.1, -0.05) is 72.6 Å². The predicted octanol–water partition coefficient (Wildman–Crippen LogP) is 5.69. The fraction of sp³-hybridized carbons (Fsp3) is 0.296. The Labute approximate surface area is 205 Å². The van der Waals surface area contributed by atoms with Gasteiger partial charge in [0.2, 0.25) is 10.0 Å². The summed E-state index contributed by atoms with van der Waals surface area (Å²) in [6, 6.07) is 22.6. The van der Waals surface area contributed by atoms with E-state index in [1.165, 1.54) is 16.1 Å². The molecule has 1 N–H and O–H groups in total. The SMILES string of the molecule is CC[C@H]1[C@H](Sc2ccccc2)[C@H](C(=O)O)[C@@H](c2ccc(C)cc2)N1S(=O)(=O)c1ccc(C)cc1. The molecular weight excluding hydrogens is 466 g/mol. The minimum Gasteiger partial charge on any atom is -0.481 e. The minimum absolute atomic E-state index is 0.183. The van der Waals surface area contributed by atoms with Crippen molar-refractivity contribution in [1.82, 2.24) is 4.31 Å². The molecule has 4 atom stereocenters. The fourth-order valence-electron chi connectivity index (χ4n) is 4.70. The average molecular weight is 496 g/mol. The molecule has 5 nitrogen and oxygen atoms in total. The Morgan fingerprint density at radius 3 is 2.00 bits per heavy atom. The van der Waals surface area contributed by atoms with Crippen LogP contribution in [0.1, 0.15) is 36.1 Å². The number of benzene rings is 3. The first-order valence-electron chi connectivity index (χ1n) is 11.4. The second-order valence-corrected chi connectivity index (χ2v) is 11.8. The molecule has 3 aromatic carbocycles. The van der Waals surface area contributed by atoms with Gasteiger partial charge in [0.05, 0.1) is 16.9 Å². The van der Waals surface area contributed by atoms with Crippen LogP contribution in [0.2, 0.25) is 0 Å². The Morgan fingerprint density at radius 2 is 1.47 bits per heavy atom. The summed E-state index contributed by atoms with van der Waals surface area (Å²) in [7, 11) is -3.96. The van der Waals surface area contributed by atoms with E-state index in [4.69, 9.17) is 0 Å². The summed E-state index contributed by atoms with van der Waals surface area (Å²) in [5.74, 6) is -1.89. The second kappa shape index (κ2) is 9.94. The van der Waals surface area contributed by atoms with E-state index >= 15 is 0 Å². The lowest BCUT2D eigenvalue weighted by Crippen LogP contribution is -2.39. The van der Waals surface area contributed by atoms with Gasteiger partial charge in [0.1, 0.15) is 0 Å². The van der Waals surface area contributed by atoms with Gasteiger partial charge in [0.15, 0.2) is 0 Å². The second-order valence-electron chi connectivity index (χ2n) is 8.74. The molecule has 0 amide bonds. The van der Waals surface area contributed by atoms with E-state index in [9.17, 15) is 18.3 Å². The van der Waals surface area contributed by atoms with Crippen LogP contribution in [0.4, 0.5) is 0 Å². The number of hydrogen-bond acceptors (Lipinski definition) is 4. The zero-order valence-corrected chi connectivity index (χ0v) is 21.1. The number of carbonyl (C=O) groups is 1. The van der Waals surface area contributed by atoms with Crippen molar-refractivity contribution in [2.45, 2.75) is 54.3 Å². The van der Waals surface area contributed by atoms with Gasteiger partial charge < -0.3 is 5.11 Å². The molecule has 0 aromatic heterocycles. The number of thioether (sulfide) groups is 1. The molecule has 0 bridgehead atoms. The van der Waals surface area contributed by atoms with E-state index in [1.807, 2.05) is 75.4 Å². The van der Waals surface area contributed by atoms with Gasteiger partial charge >= 0.3 is 5.97 Å². The highest BCUT2D eigenvalue weighted by Crippen LogP contribution is 2.51. The molecule has 34 heavy (non-hydrogen) atoms. The molecule has 1 aliphatic heterocycles. The van der Waals surface area contributed by atoms with Crippen LogP contribution in [-0.4, -0.2) is 35.1 Å². The van der Waals surface area contributed by atoms with Gasteiger partial charge in [0.25, 0.3) is 0 Å². The van der Waals surface area contributed by atoms with Crippen LogP contribution >= 0.6 is 11.8 Å². The molecule has 1 saturated heterocycles. The van der Waals surface area contributed by atoms with Crippen molar-refractivity contribution in [2.24, 2.45) is 5.92 Å². The largest absolute Gasteiger partial charge is 0.481 e. The van der Waals surface area contributed by atoms with Gasteiger partial charge in [-0.05, 0) is 50.1 Å². The first-order valence-corrected chi connectivity index (χ1v) is 13.7. The van der Waals surface area contributed by atoms with E-state index in [2.05, 4.69) is 0 Å². The molecule has 1 heterocycles. The summed E-state index contributed by atoms with van der Waals surface area (Å²) in [5.41, 5.74) is 2.69. The quantitative estimate of drug-likeness (QED) is 0.456. The van der Waals surface area contributed by atoms with Crippen LogP contribution in [0.25, 0.3) is 0 Å². The Morgan fingerprint density at radius 1 is 0.912 bits per heavy atom. The van der Waals surface area contributed by atoms with Gasteiger partial charge in [-0.25, -0.2) is 8.42 Å². The van der Waals surface area contributed by atoms with Gasteiger partial charge in [-0.3, -0.25) is 4.79 Å². The average Bonchev–Trinajstić information content (AvgIpc) is 3.15. The van der Waals surface area contributed by atoms with Crippen molar-refractivity contribution in [3.8, 4) is 0 Å². The standard InChI is InChI=1S/C27H29NO4S2/c1-4-23-26(33-21-8-6-5-7-9-21)24(27(29)30)25(20-14-10-18(2)11-15-20)28(23)34(31,32)22-16-12-19(3)13-17-22/h5-17,23-26H,4H2,1-3H3,(H,29,30)/t23-,24+,25+,26-/m0/s1. The molecule has 1 fully saturated rings. The summed E-state index contributed by atoms with van der Waals surface area (Å²) < 4.78 is 29.6. The zero-order chi connectivity index (χ0) is 24.5. The summed E-state index contributed by atoms with van der Waals surface area (Å²) in [4.78, 5) is 13.8. The number of aryl methyl sites for hydroxylation is 2. The third kappa shape index (κ3) is 4.65. The molecule has 0 aliphatic carbocycles. The third-order valence-electron chi connectivity index (χ3n) is 6.41. The number of hydrogen-bond donors (Lipinski definition) is 1. The van der Waals surface area contributed by atoms with E-state index < -0.39 is 39.2 Å². The monoisotopic (exact) mass is 495 g/mol. The molecule has 0 saturated carbocycles. The van der Waals surface area contributed by atoms with E-state index in [0.29, 0.717) is 12.0 Å². The van der Waals surface area contributed by atoms with E-state index in [0.717, 1.165) is 16.0 Å². The van der Waals surface area contributed by atoms with Crippen LogP contribution in [0, 0.1) is 19.8 Å². The van der Waals surface area contributed by atoms with Crippen molar-refractivity contribution in [3.63, 3.8) is 0 Å². The summed E-state index contributed by atoms with van der Waals surface area (Å²) >= 11 is 1.45. The molecule has 4 rings (SSSR count). The topological polar surface area (TPSA) is 74.7 Å². The number of nitrogens with zero attached hydrogens (tertiary/aromatic N) is 1. The Bertz CT molecular complexity index is 1240. The van der Waals surface area contributed by atoms with Crippen LogP contribution in [0.3, 0.4) is 0 Å². The smallest absolute Gasteiger partial charge is 0.309 e. The molecule has 3 aromatic rings. The van der Waals surface area contributed by atoms with Crippen molar-refractivity contribution < 1.29 is 18.3 Å². The number of sulfonamides is 1. The molecular formula is C27H29NO4S2. The van der Waals surface area contributed by atoms with Crippen molar-refractivity contribution in [3.05, 3.63) is 95.6 Å². The summed E-state index contributed by atoms with van der Waals surface area (Å²) in [6.45, 7) is 5.79. The highest BCUT2D eigenvalue weighted by Gasteiger charge is 2.56. The number of carboxylic acids is 1. The molecule has 0 spiro atoms. The fourth-order valence-corrected chi connectivity index (χ4v) is 8.21. The highest BCUT2D eigenvalue weighted by atomic mass is 32.2. The molecule has 178 valence electrons. The van der Waals surface area contributed by atoms with Crippen LogP contribution in [0.5, 0.6) is 0 Å². The molecule has 0 radical (unpaired) electrons. The Hall–Kier alpha value is -2.61. The van der Waals surface area contributed by atoms with Gasteiger partial charge in [-0.2, -0.15) is 4.31 Å². The Kier molecular flexibility index (Phi) is 7.17. The number of rotatable bonds is 7. The first-order chi connectivity index (χ1) is 16.2. The summed E-state index contributed by atoms with van der Waals surface area (Å²) in [6.07, 6.45) is 0.502. The normalized spacial score (nSPS) is 23.1. The lowest BCUT2D eigenvalue weighted by molar-refractivity contribution is -0.142. The van der Waals surface area contributed by atoms with Gasteiger partial charge in [0, 0.05) is 16.2 Å². The number of aliphatic carboxylic acids is 1. The lowest BCUT2D eigenvalue weighted by atomic mass is 9.92. The first kappa shape index (κ1) is 24.5. The van der Waals surface area contributed by atoms with Crippen molar-refractivity contribution in [2.75, 3.05) is 0 Å². The predicted molar refractivity (Wildman–Crippen MR) is 135 cm³/mol. The lowest BCUT2D eigenvalue weighted by Gasteiger charge is -2.30. The van der Waals surface area contributed by atoms with E-state index in [1.54, 1.807) is 24.3 Å². The minimum atomic E-state index is -3.96. The maximum Gasteiger partial charge on any atom is 0.309 e. The van der Waals surface area contributed by atoms with Crippen LogP contribution < -0.4 is 0 Å². The van der Waals surface area contributed by atoms with Crippen LogP contribution in [-0.2, 0) is 14.8 Å². The zero-order valence-electron chi connectivity index (χ0n) is 19.5. The molecule has 7 heteroatoms. The van der Waals surface area contributed by atoms with E-state index in [-0.39, 0.29) is 4.90 Å². The van der Waals surface area contributed by atoms with Gasteiger partial charge in [-0.15, -0.1) is 11.8 Å². The van der Waals surface area contributed by atoms with Crippen molar-refractivity contribution in [1.29, 1.82) is 0 Å². The maximum absolute atomic E-state index is 14.1. The van der Waals surface area contributed by atoms with Crippen molar-refractivity contribution >= 4 is 27.8 Å². The third-order valence-corrected chi connectivity index (χ3v) is 9.75. The summed E-state index contributed by atoms with van der Waals surface area (Å²) in [5, 5.41) is 9.97.